The van der Waals surface area contributed by atoms with E-state index in [9.17, 15) is 39.5 Å². The number of nitrogens with one attached hydrogen (secondary N) is 2. The van der Waals surface area contributed by atoms with Gasteiger partial charge in [0, 0.05) is 13.1 Å². The molecular formula is C30H21F9N6S2. The van der Waals surface area contributed by atoms with Crippen molar-refractivity contribution in [2.24, 2.45) is 0 Å². The maximum atomic E-state index is 13.0. The first kappa shape index (κ1) is 33.8. The van der Waals surface area contributed by atoms with Gasteiger partial charge in [-0.1, -0.05) is 36.4 Å². The van der Waals surface area contributed by atoms with Crippen molar-refractivity contribution in [2.75, 3.05) is 10.6 Å². The van der Waals surface area contributed by atoms with Crippen LogP contribution in [-0.4, -0.2) is 19.9 Å². The Balaban J connectivity index is 0.000000186. The number of aryl methyl sites for hydroxylation is 1. The number of alkyl halides is 9. The lowest BCUT2D eigenvalue weighted by Gasteiger charge is -2.14. The molecule has 0 radical (unpaired) electrons. The molecule has 0 spiro atoms. The number of halogens is 9. The number of fused-ring (bicyclic) bond motifs is 2. The van der Waals surface area contributed by atoms with E-state index in [1.807, 2.05) is 11.4 Å². The van der Waals surface area contributed by atoms with Crippen LogP contribution in [0.4, 0.5) is 51.1 Å². The smallest absolute Gasteiger partial charge is 0.365 e. The highest BCUT2D eigenvalue weighted by Crippen LogP contribution is 2.36. The molecule has 4 aromatic heterocycles. The minimum absolute atomic E-state index is 0.0547. The summed E-state index contributed by atoms with van der Waals surface area (Å²) in [7, 11) is 0. The molecule has 0 aliphatic heterocycles. The molecule has 47 heavy (non-hydrogen) atoms. The van der Waals surface area contributed by atoms with Crippen LogP contribution in [-0.2, 0) is 31.6 Å². The van der Waals surface area contributed by atoms with Gasteiger partial charge >= 0.3 is 18.5 Å². The molecule has 0 amide bonds. The van der Waals surface area contributed by atoms with E-state index in [4.69, 9.17) is 0 Å². The van der Waals surface area contributed by atoms with E-state index in [1.54, 1.807) is 13.0 Å². The van der Waals surface area contributed by atoms with Gasteiger partial charge in [0.15, 0.2) is 0 Å². The molecule has 0 atom stereocenters. The van der Waals surface area contributed by atoms with Crippen molar-refractivity contribution in [3.8, 4) is 0 Å². The summed E-state index contributed by atoms with van der Waals surface area (Å²) in [5.41, 5.74) is -0.503. The van der Waals surface area contributed by atoms with Crippen LogP contribution in [0.1, 0.15) is 33.9 Å². The van der Waals surface area contributed by atoms with Gasteiger partial charge < -0.3 is 10.6 Å². The highest BCUT2D eigenvalue weighted by atomic mass is 32.1. The van der Waals surface area contributed by atoms with Crippen molar-refractivity contribution in [3.05, 3.63) is 105 Å². The predicted octanol–water partition coefficient (Wildman–Crippen LogP) is 9.97. The van der Waals surface area contributed by atoms with Crippen LogP contribution in [0.15, 0.2) is 71.4 Å². The Bertz CT molecular complexity index is 2000. The minimum Gasteiger partial charge on any atom is -0.365 e. The number of aromatic nitrogens is 4. The third kappa shape index (κ3) is 8.08. The zero-order valence-corrected chi connectivity index (χ0v) is 25.5. The number of anilines is 2. The van der Waals surface area contributed by atoms with Gasteiger partial charge in [-0.2, -0.15) is 39.5 Å². The van der Waals surface area contributed by atoms with E-state index >= 15 is 0 Å². The lowest BCUT2D eigenvalue weighted by molar-refractivity contribution is -0.144. The fourth-order valence-corrected chi connectivity index (χ4v) is 6.06. The molecule has 4 heterocycles. The summed E-state index contributed by atoms with van der Waals surface area (Å²) in [6.45, 7) is 1.49. The monoisotopic (exact) mass is 700 g/mol. The van der Waals surface area contributed by atoms with Crippen molar-refractivity contribution in [1.29, 1.82) is 0 Å². The van der Waals surface area contributed by atoms with Crippen molar-refractivity contribution < 1.29 is 39.5 Å². The van der Waals surface area contributed by atoms with Gasteiger partial charge in [-0.05, 0) is 53.1 Å². The molecule has 6 nitrogen and oxygen atoms in total. The summed E-state index contributed by atoms with van der Waals surface area (Å²) in [5, 5.41) is 9.00. The topological polar surface area (TPSA) is 75.6 Å². The van der Waals surface area contributed by atoms with E-state index < -0.39 is 35.5 Å². The molecular weight excluding hydrogens is 679 g/mol. The number of benzene rings is 2. The largest absolute Gasteiger partial charge is 0.451 e. The van der Waals surface area contributed by atoms with Crippen molar-refractivity contribution in [1.82, 2.24) is 19.9 Å². The fourth-order valence-electron chi connectivity index (χ4n) is 4.47. The number of nitrogens with zero attached hydrogens (tertiary/aromatic N) is 4. The number of rotatable bonds is 6. The van der Waals surface area contributed by atoms with Crippen LogP contribution in [0, 0.1) is 6.92 Å². The molecule has 246 valence electrons. The van der Waals surface area contributed by atoms with E-state index in [0.29, 0.717) is 16.3 Å². The summed E-state index contributed by atoms with van der Waals surface area (Å²) in [5.74, 6) is -0.346. The predicted molar refractivity (Wildman–Crippen MR) is 162 cm³/mol. The van der Waals surface area contributed by atoms with Gasteiger partial charge in [0.1, 0.15) is 17.5 Å². The van der Waals surface area contributed by atoms with Crippen molar-refractivity contribution in [2.45, 2.75) is 38.5 Å². The average Bonchev–Trinajstić information content (AvgIpc) is 3.68. The first-order valence-corrected chi connectivity index (χ1v) is 15.2. The van der Waals surface area contributed by atoms with Crippen LogP contribution >= 0.6 is 22.7 Å². The second kappa shape index (κ2) is 13.3. The summed E-state index contributed by atoms with van der Waals surface area (Å²) >= 11 is 2.56. The molecule has 6 rings (SSSR count). The maximum Gasteiger partial charge on any atom is 0.451 e. The summed E-state index contributed by atoms with van der Waals surface area (Å²) in [6.07, 6.45) is -13.7. The Hall–Kier alpha value is -4.51. The second-order valence-electron chi connectivity index (χ2n) is 9.80. The molecule has 17 heteroatoms. The summed E-state index contributed by atoms with van der Waals surface area (Å²) in [4.78, 5) is 15.4. The van der Waals surface area contributed by atoms with Gasteiger partial charge in [0.2, 0.25) is 5.82 Å². The SMILES string of the molecule is Cc1nc(NCc2ccccc2C(F)(F)F)c2sccc2n1.FC(F)(F)c1nc(NCc2ccccc2C(F)(F)F)c2sccc2n1. The molecule has 0 saturated carbocycles. The molecule has 0 bridgehead atoms. The van der Waals surface area contributed by atoms with Gasteiger partial charge in [-0.25, -0.2) is 19.9 Å². The van der Waals surface area contributed by atoms with Gasteiger partial charge in [-0.3, -0.25) is 0 Å². The lowest BCUT2D eigenvalue weighted by atomic mass is 10.1. The first-order valence-electron chi connectivity index (χ1n) is 13.4. The summed E-state index contributed by atoms with van der Waals surface area (Å²) in [6, 6.07) is 13.6. The van der Waals surface area contributed by atoms with Crippen LogP contribution in [0.2, 0.25) is 0 Å². The quantitative estimate of drug-likeness (QED) is 0.169. The Morgan fingerprint density at radius 2 is 1.00 bits per heavy atom. The highest BCUT2D eigenvalue weighted by molar-refractivity contribution is 7.18. The van der Waals surface area contributed by atoms with Crippen LogP contribution in [0.25, 0.3) is 20.4 Å². The fraction of sp³-hybridized carbons (Fsp3) is 0.200. The summed E-state index contributed by atoms with van der Waals surface area (Å²) < 4.78 is 118. The third-order valence-corrected chi connectivity index (χ3v) is 8.33. The minimum atomic E-state index is -4.75. The van der Waals surface area contributed by atoms with E-state index in [1.165, 1.54) is 53.1 Å². The molecule has 2 N–H and O–H groups in total. The zero-order valence-electron chi connectivity index (χ0n) is 23.8. The van der Waals surface area contributed by atoms with Crippen LogP contribution < -0.4 is 10.6 Å². The molecule has 2 aromatic carbocycles. The van der Waals surface area contributed by atoms with Crippen LogP contribution in [0.5, 0.6) is 0 Å². The Morgan fingerprint density at radius 3 is 1.47 bits per heavy atom. The molecule has 0 aliphatic rings. The first-order chi connectivity index (χ1) is 22.1. The second-order valence-corrected chi connectivity index (χ2v) is 11.6. The maximum absolute atomic E-state index is 13.0. The van der Waals surface area contributed by atoms with Crippen molar-refractivity contribution in [3.63, 3.8) is 0 Å². The van der Waals surface area contributed by atoms with Gasteiger partial charge in [-0.15, -0.1) is 22.7 Å². The Kier molecular flexibility index (Phi) is 9.58. The molecule has 0 fully saturated rings. The van der Waals surface area contributed by atoms with E-state index in [2.05, 4.69) is 30.6 Å². The standard InChI is InChI=1S/C15H9F6N3S.C15H12F3N3S/c16-14(17,18)9-4-2-1-3-8(9)7-22-12-11-10(5-6-25-11)23-13(24-12)15(19,20)21;1-9-20-12-6-7-22-13(12)14(21-9)19-8-10-4-2-3-5-11(10)15(16,17)18/h1-6H,7H2,(H,22,23,24);2-7H,8H2,1H3,(H,19,20,21). The number of thiophene rings is 2. The molecule has 0 unspecified atom stereocenters. The molecule has 0 saturated heterocycles. The lowest BCUT2D eigenvalue weighted by Crippen LogP contribution is -2.15. The van der Waals surface area contributed by atoms with Gasteiger partial charge in [0.05, 0.1) is 31.6 Å². The molecule has 0 aliphatic carbocycles. The number of hydrogen-bond acceptors (Lipinski definition) is 8. The van der Waals surface area contributed by atoms with E-state index in [0.717, 1.165) is 33.7 Å². The number of hydrogen-bond donors (Lipinski definition) is 2. The highest BCUT2D eigenvalue weighted by Gasteiger charge is 2.36. The zero-order chi connectivity index (χ0) is 34.0. The van der Waals surface area contributed by atoms with Crippen molar-refractivity contribution >= 4 is 54.7 Å². The Labute approximate surface area is 268 Å². The van der Waals surface area contributed by atoms with E-state index in [-0.39, 0.29) is 35.6 Å². The van der Waals surface area contributed by atoms with Gasteiger partial charge in [0.25, 0.3) is 0 Å². The van der Waals surface area contributed by atoms with Crippen LogP contribution in [0.3, 0.4) is 0 Å². The average molecular weight is 701 g/mol. The third-order valence-electron chi connectivity index (χ3n) is 6.51. The molecule has 6 aromatic rings. The Morgan fingerprint density at radius 1 is 0.553 bits per heavy atom. The normalized spacial score (nSPS) is 12.2.